The predicted octanol–water partition coefficient (Wildman–Crippen LogP) is 1.94. The van der Waals surface area contributed by atoms with E-state index in [-0.39, 0.29) is 0 Å². The van der Waals surface area contributed by atoms with E-state index in [4.69, 9.17) is 5.26 Å². The van der Waals surface area contributed by atoms with E-state index in [0.717, 1.165) is 5.56 Å². The van der Waals surface area contributed by atoms with Crippen molar-refractivity contribution in [2.75, 3.05) is 7.11 Å². The van der Waals surface area contributed by atoms with Gasteiger partial charge in [-0.05, 0) is 24.6 Å². The van der Waals surface area contributed by atoms with E-state index in [1.165, 1.54) is 13.2 Å². The summed E-state index contributed by atoms with van der Waals surface area (Å²) < 4.78 is 4.56. The molecule has 14 heavy (non-hydrogen) atoms. The van der Waals surface area contributed by atoms with Crippen molar-refractivity contribution in [3.63, 3.8) is 0 Å². The molecule has 4 heteroatoms. The van der Waals surface area contributed by atoms with Crippen LogP contribution in [0.4, 0.5) is 0 Å². The number of hydrogen-bond acceptors (Lipinski definition) is 4. The minimum atomic E-state index is -0.446. The molecule has 0 saturated heterocycles. The number of nitrogens with zero attached hydrogens (tertiary/aromatic N) is 1. The van der Waals surface area contributed by atoms with Crippen molar-refractivity contribution in [3.05, 3.63) is 28.8 Å². The van der Waals surface area contributed by atoms with Gasteiger partial charge in [0.25, 0.3) is 0 Å². The van der Waals surface area contributed by atoms with Crippen molar-refractivity contribution in [1.82, 2.24) is 0 Å². The Balaban J connectivity index is 3.32. The van der Waals surface area contributed by atoms with Crippen LogP contribution in [0.1, 0.15) is 21.5 Å². The molecule has 0 aromatic heterocycles. The second-order valence-electron chi connectivity index (χ2n) is 2.79. The highest BCUT2D eigenvalue weighted by Gasteiger charge is 2.10. The maximum Gasteiger partial charge on any atom is 0.337 e. The maximum atomic E-state index is 11.2. The maximum absolute atomic E-state index is 11.2. The van der Waals surface area contributed by atoms with Crippen molar-refractivity contribution in [1.29, 1.82) is 5.26 Å². The Labute approximate surface area is 87.7 Å². The van der Waals surface area contributed by atoms with Gasteiger partial charge in [-0.1, -0.05) is 0 Å². The number of ether oxygens (including phenoxy) is 1. The molecule has 0 saturated carbocycles. The average Bonchev–Trinajstić information content (AvgIpc) is 2.20. The molecule has 0 amide bonds. The van der Waals surface area contributed by atoms with E-state index in [1.807, 2.05) is 6.07 Å². The van der Waals surface area contributed by atoms with Gasteiger partial charge in [0, 0.05) is 4.90 Å². The molecule has 3 nitrogen and oxygen atoms in total. The molecule has 1 rings (SSSR count). The van der Waals surface area contributed by atoms with Crippen molar-refractivity contribution in [2.45, 2.75) is 11.8 Å². The van der Waals surface area contributed by atoms with Crippen molar-refractivity contribution in [3.8, 4) is 6.07 Å². The molecule has 0 bridgehead atoms. The molecule has 1 aromatic rings. The van der Waals surface area contributed by atoms with E-state index in [0.29, 0.717) is 16.0 Å². The minimum absolute atomic E-state index is 0.374. The molecule has 0 heterocycles. The third kappa shape index (κ3) is 1.88. The Morgan fingerprint density at radius 2 is 2.21 bits per heavy atom. The number of benzene rings is 1. The SMILES string of the molecule is COC(=O)c1cc(C)c(S)c(C#N)c1. The fourth-order valence-corrected chi connectivity index (χ4v) is 1.28. The second-order valence-corrected chi connectivity index (χ2v) is 3.24. The molecule has 0 spiro atoms. The van der Waals surface area contributed by atoms with E-state index in [9.17, 15) is 4.79 Å². The van der Waals surface area contributed by atoms with E-state index in [1.54, 1.807) is 13.0 Å². The summed E-state index contributed by atoms with van der Waals surface area (Å²) in [6.07, 6.45) is 0. The van der Waals surface area contributed by atoms with E-state index in [2.05, 4.69) is 17.4 Å². The Morgan fingerprint density at radius 1 is 1.57 bits per heavy atom. The molecule has 0 aliphatic rings. The highest BCUT2D eigenvalue weighted by Crippen LogP contribution is 2.20. The van der Waals surface area contributed by atoms with E-state index >= 15 is 0 Å². The van der Waals surface area contributed by atoms with Gasteiger partial charge in [0.2, 0.25) is 0 Å². The Bertz CT molecular complexity index is 421. The zero-order valence-electron chi connectivity index (χ0n) is 7.87. The molecule has 72 valence electrons. The lowest BCUT2D eigenvalue weighted by atomic mass is 10.1. The normalized spacial score (nSPS) is 9.29. The zero-order valence-corrected chi connectivity index (χ0v) is 8.76. The number of rotatable bonds is 1. The van der Waals surface area contributed by atoms with Gasteiger partial charge in [-0.15, -0.1) is 12.6 Å². The van der Waals surface area contributed by atoms with Crippen molar-refractivity contribution >= 4 is 18.6 Å². The summed E-state index contributed by atoms with van der Waals surface area (Å²) in [5.41, 5.74) is 1.54. The van der Waals surface area contributed by atoms with Crippen LogP contribution in [-0.2, 0) is 4.74 Å². The highest BCUT2D eigenvalue weighted by atomic mass is 32.1. The zero-order chi connectivity index (χ0) is 10.7. The molecule has 0 fully saturated rings. The summed E-state index contributed by atoms with van der Waals surface area (Å²) in [5.74, 6) is -0.446. The molecule has 0 unspecified atom stereocenters. The van der Waals surface area contributed by atoms with Gasteiger partial charge >= 0.3 is 5.97 Å². The fraction of sp³-hybridized carbons (Fsp3) is 0.200. The lowest BCUT2D eigenvalue weighted by molar-refractivity contribution is 0.0600. The topological polar surface area (TPSA) is 50.1 Å². The first-order chi connectivity index (χ1) is 6.60. The highest BCUT2D eigenvalue weighted by molar-refractivity contribution is 7.80. The summed E-state index contributed by atoms with van der Waals surface area (Å²) in [4.78, 5) is 11.8. The number of carbonyl (C=O) groups is 1. The quantitative estimate of drug-likeness (QED) is 0.565. The number of carbonyl (C=O) groups excluding carboxylic acids is 1. The van der Waals surface area contributed by atoms with Crippen LogP contribution in [0.25, 0.3) is 0 Å². The van der Waals surface area contributed by atoms with Crippen molar-refractivity contribution < 1.29 is 9.53 Å². The van der Waals surface area contributed by atoms with Gasteiger partial charge in [-0.25, -0.2) is 4.79 Å². The summed E-state index contributed by atoms with van der Waals surface area (Å²) in [6.45, 7) is 1.79. The number of methoxy groups -OCH3 is 1. The van der Waals surface area contributed by atoms with Crippen LogP contribution in [0.15, 0.2) is 17.0 Å². The Hall–Kier alpha value is -1.47. The molecular weight excluding hydrogens is 198 g/mol. The van der Waals surface area contributed by atoms with E-state index < -0.39 is 5.97 Å². The minimum Gasteiger partial charge on any atom is -0.465 e. The molecular formula is C10H9NO2S. The van der Waals surface area contributed by atoms with Gasteiger partial charge in [0.15, 0.2) is 0 Å². The molecule has 0 aliphatic carbocycles. The first-order valence-electron chi connectivity index (χ1n) is 3.92. The molecule has 1 aromatic carbocycles. The summed E-state index contributed by atoms with van der Waals surface area (Å²) >= 11 is 4.16. The lowest BCUT2D eigenvalue weighted by Crippen LogP contribution is -2.02. The van der Waals surface area contributed by atoms with Crippen LogP contribution in [0.5, 0.6) is 0 Å². The smallest absolute Gasteiger partial charge is 0.337 e. The van der Waals surface area contributed by atoms with Crippen LogP contribution in [0, 0.1) is 18.3 Å². The van der Waals surface area contributed by atoms with Crippen LogP contribution < -0.4 is 0 Å². The molecule has 0 N–H and O–H groups in total. The summed E-state index contributed by atoms with van der Waals surface area (Å²) in [5, 5.41) is 8.77. The standard InChI is InChI=1S/C10H9NO2S/c1-6-3-7(10(12)13-2)4-8(5-11)9(6)14/h3-4,14H,1-2H3. The first kappa shape index (κ1) is 10.6. The van der Waals surface area contributed by atoms with Gasteiger partial charge in [-0.2, -0.15) is 5.26 Å². The number of thiol groups is 1. The number of hydrogen-bond donors (Lipinski definition) is 1. The third-order valence-corrected chi connectivity index (χ3v) is 2.44. The van der Waals surface area contributed by atoms with Crippen LogP contribution in [-0.4, -0.2) is 13.1 Å². The Morgan fingerprint density at radius 3 is 2.71 bits per heavy atom. The van der Waals surface area contributed by atoms with Gasteiger partial charge in [0.1, 0.15) is 6.07 Å². The van der Waals surface area contributed by atoms with Crippen molar-refractivity contribution in [2.24, 2.45) is 0 Å². The number of nitriles is 1. The van der Waals surface area contributed by atoms with Crippen LogP contribution in [0.3, 0.4) is 0 Å². The lowest BCUT2D eigenvalue weighted by Gasteiger charge is -2.04. The second kappa shape index (κ2) is 4.16. The fourth-order valence-electron chi connectivity index (χ4n) is 1.10. The first-order valence-corrected chi connectivity index (χ1v) is 4.37. The summed E-state index contributed by atoms with van der Waals surface area (Å²) in [7, 11) is 1.30. The predicted molar refractivity (Wildman–Crippen MR) is 54.5 cm³/mol. The van der Waals surface area contributed by atoms with Crippen LogP contribution in [0.2, 0.25) is 0 Å². The summed E-state index contributed by atoms with van der Waals surface area (Å²) in [6, 6.07) is 5.09. The monoisotopic (exact) mass is 207 g/mol. The van der Waals surface area contributed by atoms with Gasteiger partial charge in [-0.3, -0.25) is 0 Å². The third-order valence-electron chi connectivity index (χ3n) is 1.84. The molecule has 0 aliphatic heterocycles. The van der Waals surface area contributed by atoms with Gasteiger partial charge < -0.3 is 4.74 Å². The largest absolute Gasteiger partial charge is 0.465 e. The molecule has 0 atom stereocenters. The number of aryl methyl sites for hydroxylation is 1. The Kier molecular flexibility index (Phi) is 3.15. The molecule has 0 radical (unpaired) electrons. The average molecular weight is 207 g/mol. The van der Waals surface area contributed by atoms with Crippen LogP contribution >= 0.6 is 12.6 Å². The number of esters is 1. The van der Waals surface area contributed by atoms with Gasteiger partial charge in [0.05, 0.1) is 18.2 Å².